The smallest absolute Gasteiger partial charge is 0.144 e. The lowest BCUT2D eigenvalue weighted by Crippen LogP contribution is -2.53. The predicted molar refractivity (Wildman–Crippen MR) is 64.5 cm³/mol. The van der Waals surface area contributed by atoms with Crippen molar-refractivity contribution in [3.63, 3.8) is 0 Å². The van der Waals surface area contributed by atoms with Gasteiger partial charge in [-0.3, -0.25) is 4.90 Å². The van der Waals surface area contributed by atoms with Crippen LogP contribution in [0.2, 0.25) is 0 Å². The summed E-state index contributed by atoms with van der Waals surface area (Å²) in [5.74, 6) is 0.116. The van der Waals surface area contributed by atoms with Crippen LogP contribution in [0.5, 0.6) is 0 Å². The highest BCUT2D eigenvalue weighted by Crippen LogP contribution is 2.40. The van der Waals surface area contributed by atoms with Crippen LogP contribution in [0.25, 0.3) is 0 Å². The van der Waals surface area contributed by atoms with E-state index in [4.69, 9.17) is 0 Å². The minimum Gasteiger partial charge on any atom is -0.371 e. The van der Waals surface area contributed by atoms with Crippen molar-refractivity contribution in [2.45, 2.75) is 33.4 Å². The van der Waals surface area contributed by atoms with E-state index < -0.39 is 5.72 Å². The number of hydrogen-bond acceptors (Lipinski definition) is 2. The van der Waals surface area contributed by atoms with E-state index in [9.17, 15) is 5.11 Å². The fourth-order valence-corrected chi connectivity index (χ4v) is 2.11. The number of allylic oxidation sites excluding steroid dienone is 2. The van der Waals surface area contributed by atoms with Crippen LogP contribution < -0.4 is 0 Å². The SMILES string of the molecule is CC1=CC(C(C)(C)C)C(O)(N(C)C)C=C1. The number of hydrogen-bond donors (Lipinski definition) is 1. The van der Waals surface area contributed by atoms with Gasteiger partial charge in [0.1, 0.15) is 5.72 Å². The van der Waals surface area contributed by atoms with Crippen molar-refractivity contribution in [2.75, 3.05) is 14.1 Å². The minimum atomic E-state index is -0.863. The summed E-state index contributed by atoms with van der Waals surface area (Å²) in [4.78, 5) is 1.88. The third-order valence-corrected chi connectivity index (χ3v) is 3.13. The zero-order valence-electron chi connectivity index (χ0n) is 10.7. The number of nitrogens with zero attached hydrogens (tertiary/aromatic N) is 1. The molecule has 0 fully saturated rings. The molecule has 2 nitrogen and oxygen atoms in total. The summed E-state index contributed by atoms with van der Waals surface area (Å²) >= 11 is 0. The van der Waals surface area contributed by atoms with E-state index in [2.05, 4.69) is 33.8 Å². The molecule has 1 aliphatic carbocycles. The van der Waals surface area contributed by atoms with Gasteiger partial charge in [0.15, 0.2) is 0 Å². The standard InChI is InChI=1S/C13H23NO/c1-10-7-8-13(15,14(5)6)11(9-10)12(2,3)4/h7-9,11,15H,1-6H3. The fraction of sp³-hybridized carbons (Fsp3) is 0.692. The quantitative estimate of drug-likeness (QED) is 0.670. The van der Waals surface area contributed by atoms with Gasteiger partial charge < -0.3 is 5.11 Å². The normalized spacial score (nSPS) is 32.0. The average molecular weight is 209 g/mol. The Kier molecular flexibility index (Phi) is 3.13. The summed E-state index contributed by atoms with van der Waals surface area (Å²) in [5, 5.41) is 10.7. The lowest BCUT2D eigenvalue weighted by Gasteiger charge is -2.46. The molecule has 1 rings (SSSR count). The van der Waals surface area contributed by atoms with Crippen LogP contribution in [0.3, 0.4) is 0 Å². The summed E-state index contributed by atoms with van der Waals surface area (Å²) in [6.07, 6.45) is 6.06. The molecule has 0 aromatic carbocycles. The van der Waals surface area contributed by atoms with Crippen molar-refractivity contribution in [3.8, 4) is 0 Å². The monoisotopic (exact) mass is 209 g/mol. The highest BCUT2D eigenvalue weighted by Gasteiger charge is 2.43. The molecule has 0 aliphatic heterocycles. The van der Waals surface area contributed by atoms with Gasteiger partial charge in [-0.15, -0.1) is 0 Å². The molecule has 86 valence electrons. The number of likely N-dealkylation sites (N-methyl/N-ethyl adjacent to an activating group) is 1. The largest absolute Gasteiger partial charge is 0.371 e. The van der Waals surface area contributed by atoms with Gasteiger partial charge in [-0.2, -0.15) is 0 Å². The summed E-state index contributed by atoms with van der Waals surface area (Å²) in [6.45, 7) is 8.56. The summed E-state index contributed by atoms with van der Waals surface area (Å²) < 4.78 is 0. The van der Waals surface area contributed by atoms with Crippen molar-refractivity contribution in [1.82, 2.24) is 4.90 Å². The van der Waals surface area contributed by atoms with Crippen LogP contribution in [0.4, 0.5) is 0 Å². The Bertz CT molecular complexity index is 296. The molecule has 1 N–H and O–H groups in total. The molecule has 0 saturated heterocycles. The second-order valence-electron chi connectivity index (χ2n) is 5.77. The first-order valence-corrected chi connectivity index (χ1v) is 5.45. The van der Waals surface area contributed by atoms with Gasteiger partial charge in [0, 0.05) is 5.92 Å². The molecule has 0 spiro atoms. The van der Waals surface area contributed by atoms with Crippen molar-refractivity contribution in [2.24, 2.45) is 11.3 Å². The van der Waals surface area contributed by atoms with Gasteiger partial charge in [-0.05, 0) is 32.5 Å². The predicted octanol–water partition coefficient (Wildman–Crippen LogP) is 2.42. The maximum Gasteiger partial charge on any atom is 0.144 e. The molecular weight excluding hydrogens is 186 g/mol. The van der Waals surface area contributed by atoms with Gasteiger partial charge in [-0.25, -0.2) is 0 Å². The van der Waals surface area contributed by atoms with Crippen LogP contribution in [-0.4, -0.2) is 29.8 Å². The molecule has 0 saturated carbocycles. The third kappa shape index (κ3) is 2.32. The van der Waals surface area contributed by atoms with E-state index >= 15 is 0 Å². The Labute approximate surface area is 93.3 Å². The van der Waals surface area contributed by atoms with Gasteiger partial charge >= 0.3 is 0 Å². The van der Waals surface area contributed by atoms with E-state index in [1.807, 2.05) is 31.1 Å². The number of rotatable bonds is 1. The van der Waals surface area contributed by atoms with Crippen LogP contribution in [0.1, 0.15) is 27.7 Å². The lowest BCUT2D eigenvalue weighted by atomic mass is 9.71. The van der Waals surface area contributed by atoms with Crippen LogP contribution in [0, 0.1) is 11.3 Å². The van der Waals surface area contributed by atoms with E-state index in [-0.39, 0.29) is 11.3 Å². The van der Waals surface area contributed by atoms with Gasteiger partial charge in [0.2, 0.25) is 0 Å². The van der Waals surface area contributed by atoms with Gasteiger partial charge in [0.05, 0.1) is 0 Å². The first-order chi connectivity index (χ1) is 6.68. The Morgan fingerprint density at radius 2 is 1.87 bits per heavy atom. The Hall–Kier alpha value is -0.600. The lowest BCUT2D eigenvalue weighted by molar-refractivity contribution is -0.102. The molecule has 0 bridgehead atoms. The van der Waals surface area contributed by atoms with Crippen molar-refractivity contribution >= 4 is 0 Å². The van der Waals surface area contributed by atoms with Crippen molar-refractivity contribution in [1.29, 1.82) is 0 Å². The molecule has 2 heteroatoms. The van der Waals surface area contributed by atoms with Crippen LogP contribution in [0.15, 0.2) is 23.8 Å². The fourth-order valence-electron chi connectivity index (χ4n) is 2.11. The Balaban J connectivity index is 3.14. The van der Waals surface area contributed by atoms with E-state index in [1.165, 1.54) is 5.57 Å². The first kappa shape index (κ1) is 12.5. The van der Waals surface area contributed by atoms with Crippen molar-refractivity contribution in [3.05, 3.63) is 23.8 Å². The summed E-state index contributed by atoms with van der Waals surface area (Å²) in [5.41, 5.74) is 0.407. The second-order valence-corrected chi connectivity index (χ2v) is 5.77. The molecule has 0 aromatic rings. The van der Waals surface area contributed by atoms with Gasteiger partial charge in [-0.1, -0.05) is 38.5 Å². The molecule has 0 heterocycles. The Morgan fingerprint density at radius 3 is 2.27 bits per heavy atom. The molecule has 2 atom stereocenters. The minimum absolute atomic E-state index is 0.0467. The van der Waals surface area contributed by atoms with Crippen LogP contribution in [-0.2, 0) is 0 Å². The Morgan fingerprint density at radius 1 is 1.33 bits per heavy atom. The molecule has 0 radical (unpaired) electrons. The molecule has 2 unspecified atom stereocenters. The van der Waals surface area contributed by atoms with Gasteiger partial charge in [0.25, 0.3) is 0 Å². The molecule has 0 aromatic heterocycles. The van der Waals surface area contributed by atoms with E-state index in [0.29, 0.717) is 0 Å². The topological polar surface area (TPSA) is 23.5 Å². The maximum absolute atomic E-state index is 10.7. The number of aliphatic hydroxyl groups is 1. The molecule has 0 amide bonds. The van der Waals surface area contributed by atoms with E-state index in [1.54, 1.807) is 0 Å². The van der Waals surface area contributed by atoms with Crippen molar-refractivity contribution < 1.29 is 5.11 Å². The van der Waals surface area contributed by atoms with Crippen LogP contribution >= 0.6 is 0 Å². The molecule has 15 heavy (non-hydrogen) atoms. The van der Waals surface area contributed by atoms with E-state index in [0.717, 1.165) is 0 Å². The summed E-state index contributed by atoms with van der Waals surface area (Å²) in [6, 6.07) is 0. The second kappa shape index (κ2) is 3.76. The highest BCUT2D eigenvalue weighted by molar-refractivity contribution is 5.29. The first-order valence-electron chi connectivity index (χ1n) is 5.45. The zero-order chi connectivity index (χ0) is 11.9. The summed E-state index contributed by atoms with van der Waals surface area (Å²) in [7, 11) is 3.83. The highest BCUT2D eigenvalue weighted by atomic mass is 16.3. The molecular formula is C13H23NO. The zero-order valence-corrected chi connectivity index (χ0v) is 10.7. The molecule has 1 aliphatic rings. The maximum atomic E-state index is 10.7. The third-order valence-electron chi connectivity index (χ3n) is 3.13. The average Bonchev–Trinajstić information content (AvgIpc) is 2.07.